The van der Waals surface area contributed by atoms with Gasteiger partial charge in [0.15, 0.2) is 16.7 Å². The summed E-state index contributed by atoms with van der Waals surface area (Å²) in [5, 5.41) is 0. The fourth-order valence-corrected chi connectivity index (χ4v) is 3.33. The Morgan fingerprint density at radius 2 is 1.95 bits per heavy atom. The second-order valence-corrected chi connectivity index (χ2v) is 6.08. The molecule has 2 aliphatic heterocycles. The van der Waals surface area contributed by atoms with E-state index < -0.39 is 0 Å². The number of furan rings is 1. The van der Waals surface area contributed by atoms with Gasteiger partial charge in [-0.1, -0.05) is 0 Å². The summed E-state index contributed by atoms with van der Waals surface area (Å²) in [5.74, 6) is 0.801. The maximum absolute atomic E-state index is 12.4. The van der Waals surface area contributed by atoms with Gasteiger partial charge in [-0.3, -0.25) is 4.79 Å². The van der Waals surface area contributed by atoms with Crippen LogP contribution < -0.4 is 0 Å². The number of amides is 1. The van der Waals surface area contributed by atoms with E-state index in [1.54, 1.807) is 0 Å². The lowest BCUT2D eigenvalue weighted by Crippen LogP contribution is -2.41. The van der Waals surface area contributed by atoms with Crippen LogP contribution in [0.5, 0.6) is 0 Å². The zero-order valence-electron chi connectivity index (χ0n) is 11.4. The first-order valence-electron chi connectivity index (χ1n) is 6.93. The van der Waals surface area contributed by atoms with Gasteiger partial charge in [0.25, 0.3) is 5.91 Å². The van der Waals surface area contributed by atoms with Crippen molar-refractivity contribution in [1.29, 1.82) is 0 Å². The molecule has 0 aromatic carbocycles. The highest BCUT2D eigenvalue weighted by Gasteiger charge is 2.33. The molecule has 6 heteroatoms. The number of nitrogens with zero attached hydrogens (tertiary/aromatic N) is 1. The molecule has 0 saturated carbocycles. The summed E-state index contributed by atoms with van der Waals surface area (Å²) in [6.45, 7) is 4.70. The Bertz CT molecular complexity index is 487. The molecular weight excluding hydrogens is 326 g/mol. The quantitative estimate of drug-likeness (QED) is 0.828. The van der Waals surface area contributed by atoms with Crippen LogP contribution in [0, 0.1) is 12.8 Å². The molecule has 0 bridgehead atoms. The van der Waals surface area contributed by atoms with Gasteiger partial charge in [-0.05, 0) is 41.8 Å². The van der Waals surface area contributed by atoms with E-state index in [9.17, 15) is 4.79 Å². The van der Waals surface area contributed by atoms with Crippen LogP contribution in [0.15, 0.2) is 15.2 Å². The number of carbonyl (C=O) groups is 1. The highest BCUT2D eigenvalue weighted by atomic mass is 79.9. The van der Waals surface area contributed by atoms with Crippen LogP contribution in [0.2, 0.25) is 0 Å². The van der Waals surface area contributed by atoms with E-state index in [4.69, 9.17) is 13.9 Å². The monoisotopic (exact) mass is 343 g/mol. The normalized spacial score (nSPS) is 21.6. The van der Waals surface area contributed by atoms with Gasteiger partial charge in [0.05, 0.1) is 13.2 Å². The number of aryl methyl sites for hydroxylation is 1. The number of rotatable bonds is 2. The summed E-state index contributed by atoms with van der Waals surface area (Å²) >= 11 is 3.26. The lowest BCUT2D eigenvalue weighted by Gasteiger charge is -2.33. The molecule has 0 unspecified atom stereocenters. The van der Waals surface area contributed by atoms with Gasteiger partial charge in [-0.25, -0.2) is 0 Å². The summed E-state index contributed by atoms with van der Waals surface area (Å²) in [4.78, 5) is 14.3. The van der Waals surface area contributed by atoms with Crippen LogP contribution >= 0.6 is 15.9 Å². The van der Waals surface area contributed by atoms with Gasteiger partial charge in [0, 0.05) is 24.6 Å². The Labute approximate surface area is 126 Å². The number of halogens is 1. The molecule has 2 aliphatic rings. The maximum Gasteiger partial charge on any atom is 0.289 e. The molecule has 3 heterocycles. The molecule has 0 atom stereocenters. The van der Waals surface area contributed by atoms with Crippen LogP contribution in [-0.2, 0) is 9.47 Å². The third-order valence-corrected chi connectivity index (χ3v) is 4.33. The molecule has 1 amide bonds. The van der Waals surface area contributed by atoms with E-state index in [0.29, 0.717) is 29.6 Å². The molecule has 2 fully saturated rings. The first kappa shape index (κ1) is 14.1. The summed E-state index contributed by atoms with van der Waals surface area (Å²) in [7, 11) is 0. The van der Waals surface area contributed by atoms with E-state index in [0.717, 1.165) is 31.5 Å². The van der Waals surface area contributed by atoms with Gasteiger partial charge in [0.2, 0.25) is 0 Å². The molecule has 2 saturated heterocycles. The van der Waals surface area contributed by atoms with Crippen molar-refractivity contribution in [2.45, 2.75) is 26.1 Å². The second-order valence-electron chi connectivity index (χ2n) is 5.30. The predicted molar refractivity (Wildman–Crippen MR) is 75.5 cm³/mol. The van der Waals surface area contributed by atoms with Crippen molar-refractivity contribution in [2.24, 2.45) is 5.92 Å². The molecule has 5 nitrogen and oxygen atoms in total. The van der Waals surface area contributed by atoms with Crippen LogP contribution in [0.1, 0.15) is 29.0 Å². The molecule has 0 spiro atoms. The minimum absolute atomic E-state index is 0.0279. The summed E-state index contributed by atoms with van der Waals surface area (Å²) < 4.78 is 17.1. The highest BCUT2D eigenvalue weighted by molar-refractivity contribution is 9.10. The van der Waals surface area contributed by atoms with Crippen LogP contribution in [0.3, 0.4) is 0 Å². The molecule has 0 aliphatic carbocycles. The second kappa shape index (κ2) is 5.87. The van der Waals surface area contributed by atoms with Crippen molar-refractivity contribution in [3.05, 3.63) is 22.1 Å². The first-order valence-corrected chi connectivity index (χ1v) is 7.73. The van der Waals surface area contributed by atoms with E-state index in [1.165, 1.54) is 0 Å². The Morgan fingerprint density at radius 3 is 2.50 bits per heavy atom. The lowest BCUT2D eigenvalue weighted by molar-refractivity contribution is -0.0956. The topological polar surface area (TPSA) is 51.9 Å². The van der Waals surface area contributed by atoms with Gasteiger partial charge in [-0.2, -0.15) is 0 Å². The zero-order valence-corrected chi connectivity index (χ0v) is 13.0. The molecule has 3 rings (SSSR count). The van der Waals surface area contributed by atoms with Crippen molar-refractivity contribution >= 4 is 21.8 Å². The number of hydrogen-bond donors (Lipinski definition) is 0. The Balaban J connectivity index is 1.60. The van der Waals surface area contributed by atoms with Crippen molar-refractivity contribution in [3.63, 3.8) is 0 Å². The van der Waals surface area contributed by atoms with Gasteiger partial charge < -0.3 is 18.8 Å². The summed E-state index contributed by atoms with van der Waals surface area (Å²) in [5.41, 5.74) is 0.867. The SMILES string of the molecule is Cc1cc(Br)oc1C(=O)N1CCC(C2OCCO2)CC1. The molecule has 110 valence electrons. The number of hydrogen-bond acceptors (Lipinski definition) is 4. The predicted octanol–water partition coefficient (Wildman–Crippen LogP) is 2.58. The van der Waals surface area contributed by atoms with E-state index in [2.05, 4.69) is 15.9 Å². The number of ether oxygens (including phenoxy) is 2. The smallest absolute Gasteiger partial charge is 0.289 e. The minimum atomic E-state index is -0.0771. The number of piperidine rings is 1. The van der Waals surface area contributed by atoms with E-state index in [1.807, 2.05) is 17.9 Å². The van der Waals surface area contributed by atoms with E-state index in [-0.39, 0.29) is 12.2 Å². The maximum atomic E-state index is 12.4. The van der Waals surface area contributed by atoms with Gasteiger partial charge >= 0.3 is 0 Å². The third kappa shape index (κ3) is 2.77. The van der Waals surface area contributed by atoms with Crippen LogP contribution in [0.25, 0.3) is 0 Å². The molecule has 0 radical (unpaired) electrons. The highest BCUT2D eigenvalue weighted by Crippen LogP contribution is 2.28. The number of likely N-dealkylation sites (tertiary alicyclic amines) is 1. The Hall–Kier alpha value is -0.850. The zero-order chi connectivity index (χ0) is 14.1. The van der Waals surface area contributed by atoms with Gasteiger partial charge in [0.1, 0.15) is 0 Å². The summed E-state index contributed by atoms with van der Waals surface area (Å²) in [6, 6.07) is 1.82. The average Bonchev–Trinajstić information content (AvgIpc) is 3.08. The van der Waals surface area contributed by atoms with Crippen LogP contribution in [0.4, 0.5) is 0 Å². The molecule has 1 aromatic rings. The fraction of sp³-hybridized carbons (Fsp3) is 0.643. The van der Waals surface area contributed by atoms with Gasteiger partial charge in [-0.15, -0.1) is 0 Å². The lowest BCUT2D eigenvalue weighted by atomic mass is 9.96. The molecular formula is C14H18BrNO4. The van der Waals surface area contributed by atoms with Crippen molar-refractivity contribution in [3.8, 4) is 0 Å². The van der Waals surface area contributed by atoms with Crippen LogP contribution in [-0.4, -0.2) is 43.4 Å². The largest absolute Gasteiger partial charge is 0.444 e. The average molecular weight is 344 g/mol. The molecule has 1 aromatic heterocycles. The van der Waals surface area contributed by atoms with Crippen molar-refractivity contribution in [2.75, 3.05) is 26.3 Å². The molecule has 20 heavy (non-hydrogen) atoms. The first-order chi connectivity index (χ1) is 9.65. The van der Waals surface area contributed by atoms with Crippen molar-refractivity contribution < 1.29 is 18.7 Å². The number of carbonyl (C=O) groups excluding carboxylic acids is 1. The Kier molecular flexibility index (Phi) is 4.14. The van der Waals surface area contributed by atoms with Crippen molar-refractivity contribution in [1.82, 2.24) is 4.90 Å². The summed E-state index contributed by atoms with van der Waals surface area (Å²) in [6.07, 6.45) is 1.75. The Morgan fingerprint density at radius 1 is 1.30 bits per heavy atom. The fourth-order valence-electron chi connectivity index (χ4n) is 2.82. The van der Waals surface area contributed by atoms with E-state index >= 15 is 0 Å². The molecule has 0 N–H and O–H groups in total. The minimum Gasteiger partial charge on any atom is -0.444 e. The third-order valence-electron chi connectivity index (χ3n) is 3.94. The standard InChI is InChI=1S/C14H18BrNO4/c1-9-8-11(15)20-12(9)13(17)16-4-2-10(3-5-16)14-18-6-7-19-14/h8,10,14H,2-7H2,1H3.